The van der Waals surface area contributed by atoms with E-state index < -0.39 is 17.6 Å². The first-order valence-electron chi connectivity index (χ1n) is 6.89. The zero-order valence-corrected chi connectivity index (χ0v) is 12.1. The summed E-state index contributed by atoms with van der Waals surface area (Å²) in [6.45, 7) is 1.89. The molecule has 0 aliphatic carbocycles. The van der Waals surface area contributed by atoms with E-state index in [-0.39, 0.29) is 12.0 Å². The molecule has 0 fully saturated rings. The molecule has 0 aromatic heterocycles. The minimum atomic E-state index is -4.38. The van der Waals surface area contributed by atoms with Crippen molar-refractivity contribution in [3.63, 3.8) is 0 Å². The molecule has 2 nitrogen and oxygen atoms in total. The Morgan fingerprint density at radius 2 is 1.73 bits per heavy atom. The third-order valence-corrected chi connectivity index (χ3v) is 3.58. The van der Waals surface area contributed by atoms with E-state index >= 15 is 0 Å². The lowest BCUT2D eigenvalue weighted by atomic mass is 9.93. The summed E-state index contributed by atoms with van der Waals surface area (Å²) in [5.74, 6) is -0.544. The summed E-state index contributed by atoms with van der Waals surface area (Å²) in [5, 5.41) is 0. The number of primary amides is 1. The van der Waals surface area contributed by atoms with Gasteiger partial charge in [0.25, 0.3) is 0 Å². The Morgan fingerprint density at radius 3 is 2.32 bits per heavy atom. The summed E-state index contributed by atoms with van der Waals surface area (Å²) in [6, 6.07) is 10.4. The number of hydrogen-bond acceptors (Lipinski definition) is 1. The monoisotopic (exact) mass is 307 g/mol. The predicted molar refractivity (Wildman–Crippen MR) is 78.6 cm³/mol. The van der Waals surface area contributed by atoms with E-state index in [0.29, 0.717) is 12.0 Å². The first kappa shape index (κ1) is 16.1. The van der Waals surface area contributed by atoms with Crippen LogP contribution in [0.2, 0.25) is 0 Å². The van der Waals surface area contributed by atoms with Gasteiger partial charge in [0.05, 0.1) is 5.56 Å². The van der Waals surface area contributed by atoms with Crippen molar-refractivity contribution in [2.24, 2.45) is 5.73 Å². The molecule has 1 amide bonds. The van der Waals surface area contributed by atoms with Gasteiger partial charge in [-0.3, -0.25) is 4.79 Å². The molecular weight excluding hydrogens is 291 g/mol. The van der Waals surface area contributed by atoms with Crippen LogP contribution in [0.25, 0.3) is 0 Å². The van der Waals surface area contributed by atoms with Crippen molar-refractivity contribution in [1.82, 2.24) is 0 Å². The Bertz CT molecular complexity index is 693. The largest absolute Gasteiger partial charge is 0.416 e. The molecule has 2 N–H and O–H groups in total. The molecule has 5 heteroatoms. The van der Waals surface area contributed by atoms with Crippen LogP contribution in [0.3, 0.4) is 0 Å². The molecular formula is C17H16F3NO. The lowest BCUT2D eigenvalue weighted by molar-refractivity contribution is -0.138. The highest BCUT2D eigenvalue weighted by Crippen LogP contribution is 2.33. The first-order chi connectivity index (χ1) is 10.3. The zero-order chi connectivity index (χ0) is 16.3. The van der Waals surface area contributed by atoms with Gasteiger partial charge in [0, 0.05) is 5.56 Å². The van der Waals surface area contributed by atoms with Gasteiger partial charge < -0.3 is 5.73 Å². The molecule has 2 rings (SSSR count). The van der Waals surface area contributed by atoms with E-state index in [2.05, 4.69) is 0 Å². The van der Waals surface area contributed by atoms with Crippen molar-refractivity contribution in [1.29, 1.82) is 0 Å². The van der Waals surface area contributed by atoms with E-state index in [0.717, 1.165) is 17.2 Å². The topological polar surface area (TPSA) is 43.1 Å². The van der Waals surface area contributed by atoms with Gasteiger partial charge in [0.2, 0.25) is 5.91 Å². The molecule has 0 bridgehead atoms. The molecule has 2 aromatic carbocycles. The normalized spacial score (nSPS) is 11.5. The number of alkyl halides is 3. The number of benzene rings is 2. The Kier molecular flexibility index (Phi) is 4.54. The number of halogens is 3. The van der Waals surface area contributed by atoms with Crippen molar-refractivity contribution in [2.75, 3.05) is 0 Å². The summed E-state index contributed by atoms with van der Waals surface area (Å²) in [6.07, 6.45) is -3.60. The number of nitrogens with two attached hydrogens (primary N) is 1. The fourth-order valence-corrected chi connectivity index (χ4v) is 2.44. The maximum atomic E-state index is 13.0. The van der Waals surface area contributed by atoms with Gasteiger partial charge in [-0.2, -0.15) is 13.2 Å². The number of rotatable bonds is 4. The van der Waals surface area contributed by atoms with Crippen molar-refractivity contribution >= 4 is 5.91 Å². The number of carbonyl (C=O) groups is 1. The van der Waals surface area contributed by atoms with Crippen LogP contribution in [0.4, 0.5) is 13.2 Å². The summed E-state index contributed by atoms with van der Waals surface area (Å²) >= 11 is 0. The van der Waals surface area contributed by atoms with Crippen molar-refractivity contribution in [3.05, 3.63) is 70.3 Å². The lowest BCUT2D eigenvalue weighted by Gasteiger charge is -2.15. The fraction of sp³-hybridized carbons (Fsp3) is 0.235. The number of carbonyl (C=O) groups excluding carboxylic acids is 1. The second-order valence-electron chi connectivity index (χ2n) is 5.03. The third-order valence-electron chi connectivity index (χ3n) is 3.58. The molecule has 0 saturated heterocycles. The predicted octanol–water partition coefficient (Wildman–Crippen LogP) is 3.96. The molecule has 0 aliphatic heterocycles. The van der Waals surface area contributed by atoms with Crippen molar-refractivity contribution in [3.8, 4) is 0 Å². The van der Waals surface area contributed by atoms with Gasteiger partial charge in [-0.1, -0.05) is 31.2 Å². The molecule has 0 aliphatic rings. The third kappa shape index (κ3) is 3.47. The van der Waals surface area contributed by atoms with Crippen LogP contribution in [0, 0.1) is 0 Å². The quantitative estimate of drug-likeness (QED) is 0.913. The Morgan fingerprint density at radius 1 is 1.05 bits per heavy atom. The number of hydrogen-bond donors (Lipinski definition) is 1. The van der Waals surface area contributed by atoms with Crippen LogP contribution in [0.5, 0.6) is 0 Å². The van der Waals surface area contributed by atoms with Gasteiger partial charge in [-0.15, -0.1) is 0 Å². The van der Waals surface area contributed by atoms with E-state index in [1.165, 1.54) is 12.1 Å². The Labute approximate surface area is 126 Å². The van der Waals surface area contributed by atoms with Crippen LogP contribution in [-0.2, 0) is 19.0 Å². The average Bonchev–Trinajstić information content (AvgIpc) is 2.47. The summed E-state index contributed by atoms with van der Waals surface area (Å²) in [5.41, 5.74) is 6.78. The molecule has 0 unspecified atom stereocenters. The van der Waals surface area contributed by atoms with Gasteiger partial charge in [-0.25, -0.2) is 0 Å². The van der Waals surface area contributed by atoms with E-state index in [1.807, 2.05) is 6.92 Å². The lowest BCUT2D eigenvalue weighted by Crippen LogP contribution is -2.12. The van der Waals surface area contributed by atoms with Gasteiger partial charge in [-0.05, 0) is 47.7 Å². The molecule has 0 atom stereocenters. The molecule has 0 spiro atoms. The maximum absolute atomic E-state index is 13.0. The number of amides is 1. The summed E-state index contributed by atoms with van der Waals surface area (Å²) < 4.78 is 39.1. The highest BCUT2D eigenvalue weighted by atomic mass is 19.4. The smallest absolute Gasteiger partial charge is 0.366 e. The van der Waals surface area contributed by atoms with Crippen molar-refractivity contribution < 1.29 is 18.0 Å². The summed E-state index contributed by atoms with van der Waals surface area (Å²) in [4.78, 5) is 11.2. The average molecular weight is 307 g/mol. The first-order valence-corrected chi connectivity index (χ1v) is 6.89. The fourth-order valence-electron chi connectivity index (χ4n) is 2.44. The highest BCUT2D eigenvalue weighted by Gasteiger charge is 2.32. The standard InChI is InChI=1S/C17H16F3NO/c1-2-11-9-14(16(21)22)8-7-12(11)10-13-5-3-4-6-15(13)17(18,19)20/h3-9H,2,10H2,1H3,(H2,21,22). The van der Waals surface area contributed by atoms with Crippen LogP contribution >= 0.6 is 0 Å². The van der Waals surface area contributed by atoms with Crippen LogP contribution < -0.4 is 5.73 Å². The second-order valence-corrected chi connectivity index (χ2v) is 5.03. The minimum Gasteiger partial charge on any atom is -0.366 e. The highest BCUT2D eigenvalue weighted by molar-refractivity contribution is 5.93. The molecule has 116 valence electrons. The van der Waals surface area contributed by atoms with E-state index in [9.17, 15) is 18.0 Å². The molecule has 2 aromatic rings. The zero-order valence-electron chi connectivity index (χ0n) is 12.1. The molecule has 0 heterocycles. The molecule has 0 radical (unpaired) electrons. The van der Waals surface area contributed by atoms with E-state index in [4.69, 9.17) is 5.73 Å². The van der Waals surface area contributed by atoms with Crippen LogP contribution in [0.1, 0.15) is 39.5 Å². The van der Waals surface area contributed by atoms with Crippen LogP contribution in [0.15, 0.2) is 42.5 Å². The summed E-state index contributed by atoms with van der Waals surface area (Å²) in [7, 11) is 0. The molecule has 22 heavy (non-hydrogen) atoms. The van der Waals surface area contributed by atoms with E-state index in [1.54, 1.807) is 24.3 Å². The SMILES string of the molecule is CCc1cc(C(N)=O)ccc1Cc1ccccc1C(F)(F)F. The van der Waals surface area contributed by atoms with Gasteiger partial charge in [0.1, 0.15) is 0 Å². The van der Waals surface area contributed by atoms with Gasteiger partial charge in [0.15, 0.2) is 0 Å². The maximum Gasteiger partial charge on any atom is 0.416 e. The molecule has 0 saturated carbocycles. The number of aryl methyl sites for hydroxylation is 1. The van der Waals surface area contributed by atoms with Crippen molar-refractivity contribution in [2.45, 2.75) is 25.9 Å². The van der Waals surface area contributed by atoms with Crippen LogP contribution in [-0.4, -0.2) is 5.91 Å². The second kappa shape index (κ2) is 6.22. The Hall–Kier alpha value is -2.30. The minimum absolute atomic E-state index is 0.165. The van der Waals surface area contributed by atoms with Gasteiger partial charge >= 0.3 is 6.18 Å². The Balaban J connectivity index is 2.42.